The van der Waals surface area contributed by atoms with E-state index in [0.717, 1.165) is 5.82 Å². The Hall–Kier alpha value is -5.28. The molecule has 0 bridgehead atoms. The second-order valence-electron chi connectivity index (χ2n) is 15.5. The molecule has 286 valence electrons. The van der Waals surface area contributed by atoms with Gasteiger partial charge in [0.2, 0.25) is 0 Å². The van der Waals surface area contributed by atoms with E-state index in [1.165, 1.54) is 25.6 Å². The van der Waals surface area contributed by atoms with Gasteiger partial charge in [0.1, 0.15) is 30.9 Å². The third kappa shape index (κ3) is 13.0. The number of aromatic carboxylic acids is 1. The minimum atomic E-state index is -1.61. The highest BCUT2D eigenvalue weighted by molar-refractivity contribution is 6.83. The highest BCUT2D eigenvalue weighted by atomic mass is 28.3. The first kappa shape index (κ1) is 42.1. The number of anilines is 2. The van der Waals surface area contributed by atoms with E-state index in [0.29, 0.717) is 74.9 Å². The van der Waals surface area contributed by atoms with Gasteiger partial charge in [-0.3, -0.25) is 0 Å². The molecule has 1 N–H and O–H groups in total. The van der Waals surface area contributed by atoms with E-state index >= 15 is 0 Å². The van der Waals surface area contributed by atoms with Gasteiger partial charge in [-0.1, -0.05) is 31.5 Å². The Kier molecular flexibility index (Phi) is 13.9. The van der Waals surface area contributed by atoms with Crippen LogP contribution in [0.3, 0.4) is 0 Å². The number of terminal acetylenes is 1. The number of amides is 2. The van der Waals surface area contributed by atoms with E-state index in [9.17, 15) is 19.2 Å². The Balaban J connectivity index is 0.000000290. The molecule has 2 aromatic heterocycles. The maximum Gasteiger partial charge on any atom is 0.410 e. The number of nitrogens with zero attached hydrogens (tertiary/aromatic N) is 6. The summed E-state index contributed by atoms with van der Waals surface area (Å²) in [5.41, 5.74) is 3.87. The fourth-order valence-corrected chi connectivity index (χ4v) is 5.58. The zero-order valence-corrected chi connectivity index (χ0v) is 33.5. The number of carbonyl (C=O) groups is 4. The maximum atomic E-state index is 12.3. The summed E-state index contributed by atoms with van der Waals surface area (Å²) >= 11 is 0. The van der Waals surface area contributed by atoms with Crippen LogP contribution >= 0.6 is 0 Å². The SMILES string of the molecule is C#Cc1cc(C(=O)O)cnc1N1CCN(C(=O)OC(C)(C)C)CC1.COC(=O)c1cnc(N2CCN(C(=O)OC(C)(C)C)CC2)c(C#C[Si](C)(C)C)c1. The highest BCUT2D eigenvalue weighted by Gasteiger charge is 2.29. The number of rotatable bonds is 4. The molecular weight excluding hydrogens is 697 g/mol. The number of piperazine rings is 2. The van der Waals surface area contributed by atoms with Crippen molar-refractivity contribution in [2.24, 2.45) is 0 Å². The van der Waals surface area contributed by atoms with Gasteiger partial charge in [0.15, 0.2) is 0 Å². The molecule has 53 heavy (non-hydrogen) atoms. The number of hydrogen-bond donors (Lipinski definition) is 1. The molecule has 2 amide bonds. The molecule has 2 saturated heterocycles. The van der Waals surface area contributed by atoms with E-state index in [-0.39, 0.29) is 17.7 Å². The summed E-state index contributed by atoms with van der Waals surface area (Å²) < 4.78 is 15.6. The second-order valence-corrected chi connectivity index (χ2v) is 20.3. The lowest BCUT2D eigenvalue weighted by atomic mass is 10.1. The maximum absolute atomic E-state index is 12.3. The van der Waals surface area contributed by atoms with Crippen LogP contribution in [0.4, 0.5) is 21.2 Å². The lowest BCUT2D eigenvalue weighted by Gasteiger charge is -2.36. The predicted octanol–water partition coefficient (Wildman–Crippen LogP) is 4.97. The molecule has 0 aromatic carbocycles. The van der Waals surface area contributed by atoms with Crippen LogP contribution in [0, 0.1) is 23.8 Å². The normalized spacial score (nSPS) is 14.8. The minimum absolute atomic E-state index is 0.0547. The number of hydrogen-bond acceptors (Lipinski definition) is 11. The van der Waals surface area contributed by atoms with Gasteiger partial charge in [-0.05, 0) is 53.7 Å². The quantitative estimate of drug-likeness (QED) is 0.194. The van der Waals surface area contributed by atoms with Crippen molar-refractivity contribution in [1.29, 1.82) is 0 Å². The second kappa shape index (κ2) is 17.5. The first-order valence-electron chi connectivity index (χ1n) is 17.4. The Bertz CT molecular complexity index is 1760. The number of methoxy groups -OCH3 is 1. The number of aromatic nitrogens is 2. The molecule has 4 heterocycles. The van der Waals surface area contributed by atoms with Gasteiger partial charge in [-0.25, -0.2) is 29.1 Å². The molecule has 0 atom stereocenters. The monoisotopic (exact) mass is 748 g/mol. The van der Waals surface area contributed by atoms with Gasteiger partial charge in [-0.2, -0.15) is 0 Å². The summed E-state index contributed by atoms with van der Waals surface area (Å²) in [6.45, 7) is 21.9. The van der Waals surface area contributed by atoms with Gasteiger partial charge in [0, 0.05) is 64.8 Å². The summed E-state index contributed by atoms with van der Waals surface area (Å²) in [5.74, 6) is 5.50. The number of pyridine rings is 2. The standard InChI is InChI=1S/C21H31N3O4Si.C17H21N3O4/c1-21(2,3)28-20(26)24-11-9-23(10-12-24)18-16(8-13-29(5,6)7)14-17(15-22-18)19(25)27-4;1-5-12-10-13(15(21)22)11-18-14(12)19-6-8-20(9-7-19)16(23)24-17(2,3)4/h14-15H,9-12H2,1-7H3;1,10-11H,6-9H2,2-4H3,(H,21,22). The van der Waals surface area contributed by atoms with Crippen molar-refractivity contribution < 1.29 is 38.5 Å². The van der Waals surface area contributed by atoms with Crippen LogP contribution in [0.2, 0.25) is 19.6 Å². The molecule has 0 saturated carbocycles. The lowest BCUT2D eigenvalue weighted by Crippen LogP contribution is -2.50. The zero-order chi connectivity index (χ0) is 39.7. The highest BCUT2D eigenvalue weighted by Crippen LogP contribution is 2.23. The third-order valence-corrected chi connectivity index (χ3v) is 8.47. The average Bonchev–Trinajstić information content (AvgIpc) is 3.08. The van der Waals surface area contributed by atoms with Crippen molar-refractivity contribution in [2.45, 2.75) is 72.4 Å². The number of ether oxygens (including phenoxy) is 3. The van der Waals surface area contributed by atoms with Gasteiger partial charge in [0.25, 0.3) is 0 Å². The van der Waals surface area contributed by atoms with Crippen molar-refractivity contribution in [3.8, 4) is 23.8 Å². The van der Waals surface area contributed by atoms with E-state index in [2.05, 4.69) is 51.9 Å². The largest absolute Gasteiger partial charge is 0.478 e. The molecule has 15 heteroatoms. The van der Waals surface area contributed by atoms with Crippen LogP contribution in [-0.2, 0) is 14.2 Å². The molecule has 0 unspecified atom stereocenters. The van der Waals surface area contributed by atoms with E-state index in [4.69, 9.17) is 25.7 Å². The fourth-order valence-electron chi connectivity index (χ4n) is 5.07. The van der Waals surface area contributed by atoms with Crippen LogP contribution in [0.25, 0.3) is 0 Å². The van der Waals surface area contributed by atoms with Crippen molar-refractivity contribution in [3.63, 3.8) is 0 Å². The first-order valence-corrected chi connectivity index (χ1v) is 20.9. The molecule has 2 aliphatic heterocycles. The fraction of sp³-hybridized carbons (Fsp3) is 0.526. The molecule has 4 rings (SSSR count). The number of carboxylic acid groups (broad SMARTS) is 1. The molecule has 2 aromatic rings. The third-order valence-electron chi connectivity index (χ3n) is 7.59. The molecule has 2 aliphatic rings. The van der Waals surface area contributed by atoms with Crippen molar-refractivity contribution in [1.82, 2.24) is 19.8 Å². The Morgan fingerprint density at radius 1 is 0.736 bits per heavy atom. The van der Waals surface area contributed by atoms with Gasteiger partial charge in [-0.15, -0.1) is 12.0 Å². The molecule has 2 fully saturated rings. The van der Waals surface area contributed by atoms with Crippen LogP contribution in [0.1, 0.15) is 73.4 Å². The summed E-state index contributed by atoms with van der Waals surface area (Å²) in [4.78, 5) is 63.4. The lowest BCUT2D eigenvalue weighted by molar-refractivity contribution is 0.0230. The van der Waals surface area contributed by atoms with E-state index in [1.807, 2.05) is 46.4 Å². The topological polar surface area (TPSA) is 155 Å². The molecule has 0 radical (unpaired) electrons. The van der Waals surface area contributed by atoms with Crippen molar-refractivity contribution in [2.75, 3.05) is 69.3 Å². The molecular formula is C38H52N6O8Si. The average molecular weight is 749 g/mol. The Morgan fingerprint density at radius 3 is 1.53 bits per heavy atom. The Labute approximate surface area is 313 Å². The summed E-state index contributed by atoms with van der Waals surface area (Å²) in [6.07, 6.45) is 7.64. The zero-order valence-electron chi connectivity index (χ0n) is 32.5. The molecule has 0 aliphatic carbocycles. The smallest absolute Gasteiger partial charge is 0.410 e. The van der Waals surface area contributed by atoms with Gasteiger partial charge < -0.3 is 38.9 Å². The minimum Gasteiger partial charge on any atom is -0.478 e. The first-order chi connectivity index (χ1) is 24.6. The summed E-state index contributed by atoms with van der Waals surface area (Å²) in [7, 11) is -0.260. The summed E-state index contributed by atoms with van der Waals surface area (Å²) in [5, 5.41) is 9.01. The van der Waals surface area contributed by atoms with Gasteiger partial charge in [0.05, 0.1) is 29.4 Å². The Morgan fingerprint density at radius 2 is 1.15 bits per heavy atom. The van der Waals surface area contributed by atoms with E-state index < -0.39 is 31.2 Å². The van der Waals surface area contributed by atoms with Crippen molar-refractivity contribution in [3.05, 3.63) is 46.8 Å². The number of esters is 1. The van der Waals surface area contributed by atoms with Gasteiger partial charge >= 0.3 is 24.1 Å². The van der Waals surface area contributed by atoms with Crippen LogP contribution < -0.4 is 9.80 Å². The molecule has 0 spiro atoms. The number of carboxylic acids is 1. The summed E-state index contributed by atoms with van der Waals surface area (Å²) in [6, 6.07) is 3.17. The predicted molar refractivity (Wildman–Crippen MR) is 205 cm³/mol. The number of carbonyl (C=O) groups excluding carboxylic acids is 3. The van der Waals surface area contributed by atoms with E-state index in [1.54, 1.807) is 15.9 Å². The van der Waals surface area contributed by atoms with Crippen molar-refractivity contribution >= 4 is 43.8 Å². The van der Waals surface area contributed by atoms with Crippen LogP contribution in [0.15, 0.2) is 24.5 Å². The van der Waals surface area contributed by atoms with Crippen LogP contribution in [-0.4, -0.2) is 128 Å². The molecule has 14 nitrogen and oxygen atoms in total. The van der Waals surface area contributed by atoms with Crippen LogP contribution in [0.5, 0.6) is 0 Å².